The highest BCUT2D eigenvalue weighted by molar-refractivity contribution is 7.10. The second-order valence-corrected chi connectivity index (χ2v) is 5.59. The van der Waals surface area contributed by atoms with Crippen molar-refractivity contribution in [2.75, 3.05) is 7.05 Å². The van der Waals surface area contributed by atoms with E-state index in [2.05, 4.69) is 52.2 Å². The summed E-state index contributed by atoms with van der Waals surface area (Å²) in [4.78, 5) is 1.35. The molecule has 0 fully saturated rings. The fourth-order valence-electron chi connectivity index (χ4n) is 1.75. The average Bonchev–Trinajstić information content (AvgIpc) is 2.90. The highest BCUT2D eigenvalue weighted by atomic mass is 32.1. The summed E-state index contributed by atoms with van der Waals surface area (Å²) in [5.74, 6) is 0.872. The molecule has 17 heavy (non-hydrogen) atoms. The molecule has 92 valence electrons. The van der Waals surface area contributed by atoms with Crippen LogP contribution in [0.5, 0.6) is 0 Å². The largest absolute Gasteiger partial charge is 0.313 e. The van der Waals surface area contributed by atoms with Gasteiger partial charge >= 0.3 is 0 Å². The molecular weight excluding hydrogens is 234 g/mol. The fourth-order valence-corrected chi connectivity index (χ4v) is 2.59. The van der Waals surface area contributed by atoms with Crippen LogP contribution in [0.1, 0.15) is 24.5 Å². The van der Waals surface area contributed by atoms with Gasteiger partial charge in [-0.1, -0.05) is 19.9 Å². The van der Waals surface area contributed by atoms with E-state index in [9.17, 15) is 0 Å². The number of nitrogens with zero attached hydrogens (tertiary/aromatic N) is 4. The molecule has 0 aliphatic heterocycles. The Bertz CT molecular complexity index is 460. The van der Waals surface area contributed by atoms with Gasteiger partial charge in [0.25, 0.3) is 0 Å². The topological polar surface area (TPSA) is 55.6 Å². The third-order valence-electron chi connectivity index (χ3n) is 2.67. The third kappa shape index (κ3) is 2.70. The van der Waals surface area contributed by atoms with Gasteiger partial charge in [0, 0.05) is 10.3 Å². The Morgan fingerprint density at radius 3 is 2.94 bits per heavy atom. The van der Waals surface area contributed by atoms with Crippen LogP contribution >= 0.6 is 11.3 Å². The monoisotopic (exact) mass is 251 g/mol. The van der Waals surface area contributed by atoms with Crippen molar-refractivity contribution in [1.82, 2.24) is 25.5 Å². The number of hydrogen-bond donors (Lipinski definition) is 1. The van der Waals surface area contributed by atoms with Crippen molar-refractivity contribution in [1.29, 1.82) is 0 Å². The molecule has 0 unspecified atom stereocenters. The van der Waals surface area contributed by atoms with Crippen LogP contribution in [0.25, 0.3) is 0 Å². The van der Waals surface area contributed by atoms with E-state index in [0.717, 1.165) is 12.4 Å². The van der Waals surface area contributed by atoms with Gasteiger partial charge in [0.15, 0.2) is 5.82 Å². The Balaban J connectivity index is 2.17. The first-order chi connectivity index (χ1) is 8.13. The Kier molecular flexibility index (Phi) is 3.54. The minimum Gasteiger partial charge on any atom is -0.313 e. The molecule has 2 aromatic heterocycles. The number of nitrogens with one attached hydrogen (secondary N) is 1. The Morgan fingerprint density at radius 1 is 1.47 bits per heavy atom. The lowest BCUT2D eigenvalue weighted by Crippen LogP contribution is -2.26. The summed E-state index contributed by atoms with van der Waals surface area (Å²) in [6.07, 6.45) is 0. The average molecular weight is 251 g/mol. The zero-order chi connectivity index (χ0) is 12.3. The van der Waals surface area contributed by atoms with E-state index in [1.54, 1.807) is 11.3 Å². The molecule has 0 saturated heterocycles. The van der Waals surface area contributed by atoms with Crippen LogP contribution in [0, 0.1) is 0 Å². The van der Waals surface area contributed by atoms with Gasteiger partial charge in [-0.25, -0.2) is 4.68 Å². The molecule has 0 radical (unpaired) electrons. The second kappa shape index (κ2) is 4.93. The highest BCUT2D eigenvalue weighted by Gasteiger charge is 2.24. The SMILES string of the molecule is CNCc1nnnn1CC(C)(C)c1cccs1. The number of aromatic nitrogens is 4. The lowest BCUT2D eigenvalue weighted by atomic mass is 9.91. The van der Waals surface area contributed by atoms with Crippen LogP contribution in [0.4, 0.5) is 0 Å². The maximum Gasteiger partial charge on any atom is 0.165 e. The van der Waals surface area contributed by atoms with Crippen LogP contribution in [-0.2, 0) is 18.5 Å². The first kappa shape index (κ1) is 12.2. The van der Waals surface area contributed by atoms with Crippen molar-refractivity contribution in [3.05, 3.63) is 28.2 Å². The summed E-state index contributed by atoms with van der Waals surface area (Å²) in [5.41, 5.74) is 0.0477. The highest BCUT2D eigenvalue weighted by Crippen LogP contribution is 2.28. The molecule has 0 saturated carbocycles. The van der Waals surface area contributed by atoms with Crippen LogP contribution in [0.15, 0.2) is 17.5 Å². The van der Waals surface area contributed by atoms with Crippen LogP contribution < -0.4 is 5.32 Å². The number of thiophene rings is 1. The summed E-state index contributed by atoms with van der Waals surface area (Å²) in [7, 11) is 1.89. The predicted molar refractivity (Wildman–Crippen MR) is 67.9 cm³/mol. The van der Waals surface area contributed by atoms with E-state index in [1.807, 2.05) is 11.7 Å². The van der Waals surface area contributed by atoms with Crippen molar-refractivity contribution < 1.29 is 0 Å². The van der Waals surface area contributed by atoms with Crippen LogP contribution in [0.2, 0.25) is 0 Å². The number of hydrogen-bond acceptors (Lipinski definition) is 5. The second-order valence-electron chi connectivity index (χ2n) is 4.64. The van der Waals surface area contributed by atoms with Crippen molar-refractivity contribution in [3.8, 4) is 0 Å². The van der Waals surface area contributed by atoms with Gasteiger partial charge in [-0.05, 0) is 28.9 Å². The first-order valence-corrected chi connectivity index (χ1v) is 6.45. The predicted octanol–water partition coefficient (Wildman–Crippen LogP) is 1.43. The van der Waals surface area contributed by atoms with Crippen molar-refractivity contribution in [2.24, 2.45) is 0 Å². The summed E-state index contributed by atoms with van der Waals surface area (Å²) < 4.78 is 1.87. The molecule has 0 atom stereocenters. The maximum atomic E-state index is 4.05. The molecule has 0 spiro atoms. The van der Waals surface area contributed by atoms with E-state index < -0.39 is 0 Å². The van der Waals surface area contributed by atoms with Crippen molar-refractivity contribution in [2.45, 2.75) is 32.4 Å². The molecule has 2 aromatic rings. The smallest absolute Gasteiger partial charge is 0.165 e. The normalized spacial score (nSPS) is 11.9. The summed E-state index contributed by atoms with van der Waals surface area (Å²) in [6, 6.07) is 4.24. The Hall–Kier alpha value is -1.27. The number of tetrazole rings is 1. The molecule has 0 aliphatic carbocycles. The lowest BCUT2D eigenvalue weighted by molar-refractivity contribution is 0.396. The maximum absolute atomic E-state index is 4.05. The van der Waals surface area contributed by atoms with Crippen molar-refractivity contribution >= 4 is 11.3 Å². The van der Waals surface area contributed by atoms with Gasteiger partial charge in [0.1, 0.15) is 0 Å². The molecule has 1 N–H and O–H groups in total. The molecule has 0 bridgehead atoms. The van der Waals surface area contributed by atoms with Gasteiger partial charge in [0.2, 0.25) is 0 Å². The van der Waals surface area contributed by atoms with E-state index >= 15 is 0 Å². The van der Waals surface area contributed by atoms with Gasteiger partial charge < -0.3 is 5.32 Å². The zero-order valence-corrected chi connectivity index (χ0v) is 11.2. The van der Waals surface area contributed by atoms with Gasteiger partial charge in [-0.15, -0.1) is 16.4 Å². The molecule has 2 heterocycles. The van der Waals surface area contributed by atoms with E-state index in [1.165, 1.54) is 4.88 Å². The Labute approximate surface area is 105 Å². The van der Waals surface area contributed by atoms with Gasteiger partial charge in [-0.3, -0.25) is 0 Å². The molecule has 6 heteroatoms. The standard InChI is InChI=1S/C11H17N5S/c1-11(2,9-5-4-6-17-9)8-16-10(7-12-3)13-14-15-16/h4-6,12H,7-8H2,1-3H3. The zero-order valence-electron chi connectivity index (χ0n) is 10.3. The van der Waals surface area contributed by atoms with Gasteiger partial charge in [0.05, 0.1) is 13.1 Å². The van der Waals surface area contributed by atoms with Crippen LogP contribution in [-0.4, -0.2) is 27.3 Å². The molecule has 2 rings (SSSR count). The fraction of sp³-hybridized carbons (Fsp3) is 0.545. The molecule has 0 amide bonds. The van der Waals surface area contributed by atoms with E-state index in [-0.39, 0.29) is 5.41 Å². The lowest BCUT2D eigenvalue weighted by Gasteiger charge is -2.23. The molecule has 0 aliphatic rings. The summed E-state index contributed by atoms with van der Waals surface area (Å²) in [6.45, 7) is 5.90. The van der Waals surface area contributed by atoms with Crippen molar-refractivity contribution in [3.63, 3.8) is 0 Å². The minimum absolute atomic E-state index is 0.0477. The minimum atomic E-state index is 0.0477. The van der Waals surface area contributed by atoms with Crippen LogP contribution in [0.3, 0.4) is 0 Å². The molecule has 0 aromatic carbocycles. The van der Waals surface area contributed by atoms with Gasteiger partial charge in [-0.2, -0.15) is 0 Å². The molecular formula is C11H17N5S. The first-order valence-electron chi connectivity index (χ1n) is 5.57. The van der Waals surface area contributed by atoms with E-state index in [0.29, 0.717) is 6.54 Å². The summed E-state index contributed by atoms with van der Waals surface area (Å²) in [5, 5.41) is 17.0. The number of rotatable bonds is 5. The third-order valence-corrected chi connectivity index (χ3v) is 3.91. The quantitative estimate of drug-likeness (QED) is 0.873. The Morgan fingerprint density at radius 2 is 2.29 bits per heavy atom. The molecule has 5 nitrogen and oxygen atoms in total. The van der Waals surface area contributed by atoms with E-state index in [4.69, 9.17) is 0 Å². The summed E-state index contributed by atoms with van der Waals surface area (Å²) >= 11 is 1.77.